The molecule has 41 heavy (non-hydrogen) atoms. The van der Waals surface area contributed by atoms with Crippen LogP contribution in [0.5, 0.6) is 5.75 Å². The molecule has 0 bridgehead atoms. The molecule has 2 heterocycles. The summed E-state index contributed by atoms with van der Waals surface area (Å²) in [5, 5.41) is 5.87. The molecule has 226 valence electrons. The molecule has 4 rings (SSSR count). The lowest BCUT2D eigenvalue weighted by atomic mass is 9.99. The van der Waals surface area contributed by atoms with Crippen LogP contribution in [0.1, 0.15) is 77.1 Å². The molecule has 2 aliphatic heterocycles. The summed E-state index contributed by atoms with van der Waals surface area (Å²) in [7, 11) is 0. The van der Waals surface area contributed by atoms with Gasteiger partial charge in [0.05, 0.1) is 24.8 Å². The van der Waals surface area contributed by atoms with Gasteiger partial charge in [-0.15, -0.1) is 0 Å². The van der Waals surface area contributed by atoms with Crippen molar-refractivity contribution in [2.75, 3.05) is 32.9 Å². The van der Waals surface area contributed by atoms with Gasteiger partial charge in [0.2, 0.25) is 11.8 Å². The zero-order chi connectivity index (χ0) is 29.7. The topological polar surface area (TPSA) is 117 Å². The molecule has 10 nitrogen and oxygen atoms in total. The van der Waals surface area contributed by atoms with Crippen molar-refractivity contribution in [3.05, 3.63) is 29.8 Å². The summed E-state index contributed by atoms with van der Waals surface area (Å²) in [5.74, 6) is -0.329. The van der Waals surface area contributed by atoms with Crippen molar-refractivity contribution >= 4 is 23.6 Å². The third-order valence-corrected chi connectivity index (χ3v) is 8.28. The number of amides is 4. The molecule has 0 unspecified atom stereocenters. The monoisotopic (exact) mass is 570 g/mol. The molecule has 4 amide bonds. The number of carbonyl (C=O) groups is 4. The highest BCUT2D eigenvalue weighted by Crippen LogP contribution is 2.34. The van der Waals surface area contributed by atoms with Crippen LogP contribution < -0.4 is 15.4 Å². The second-order valence-corrected chi connectivity index (χ2v) is 12.7. The van der Waals surface area contributed by atoms with Crippen molar-refractivity contribution in [1.29, 1.82) is 0 Å². The van der Waals surface area contributed by atoms with Gasteiger partial charge in [-0.1, -0.05) is 39.8 Å². The van der Waals surface area contributed by atoms with Crippen LogP contribution >= 0.6 is 0 Å². The second-order valence-electron chi connectivity index (χ2n) is 12.7. The SMILES string of the molecule is CC(C)C[C@@H](NC(=O)c1ccccc1OCC(=O)NC1(C)CC1)C(=O)N1CCC[C@@H]1C(=O)N1CCOC[C@H]1C(C)C. The summed E-state index contributed by atoms with van der Waals surface area (Å²) >= 11 is 0. The van der Waals surface area contributed by atoms with Crippen LogP contribution in [0.2, 0.25) is 0 Å². The first-order chi connectivity index (χ1) is 19.5. The van der Waals surface area contributed by atoms with Crippen LogP contribution in [-0.2, 0) is 19.1 Å². The molecule has 3 atom stereocenters. The van der Waals surface area contributed by atoms with E-state index < -0.39 is 18.0 Å². The number of ether oxygens (including phenoxy) is 2. The Hall–Kier alpha value is -3.14. The standard InChI is InChI=1S/C31H46N4O6/c1-20(2)17-23(29(38)34-14-8-10-24(34)30(39)35-15-16-40-18-25(35)21(3)4)32-28(37)22-9-6-7-11-26(22)41-19-27(36)33-31(5)12-13-31/h6-7,9,11,20-21,23-25H,8,10,12-19H2,1-5H3,(H,32,37)(H,33,36)/t23-,24-,25+/m1/s1. The Labute approximate surface area is 243 Å². The van der Waals surface area contributed by atoms with E-state index in [9.17, 15) is 19.2 Å². The van der Waals surface area contributed by atoms with Crippen molar-refractivity contribution in [2.45, 2.75) is 90.4 Å². The quantitative estimate of drug-likeness (QED) is 0.423. The van der Waals surface area contributed by atoms with E-state index in [2.05, 4.69) is 24.5 Å². The summed E-state index contributed by atoms with van der Waals surface area (Å²) < 4.78 is 11.4. The largest absolute Gasteiger partial charge is 0.483 e. The zero-order valence-electron chi connectivity index (χ0n) is 25.1. The molecule has 2 saturated heterocycles. The molecule has 0 radical (unpaired) electrons. The number of morpholine rings is 1. The molecule has 3 aliphatic rings. The fraction of sp³-hybridized carbons (Fsp3) is 0.677. The van der Waals surface area contributed by atoms with E-state index in [0.717, 1.165) is 19.3 Å². The smallest absolute Gasteiger partial charge is 0.258 e. The van der Waals surface area contributed by atoms with E-state index in [1.54, 1.807) is 29.2 Å². The van der Waals surface area contributed by atoms with E-state index in [0.29, 0.717) is 39.1 Å². The number of rotatable bonds is 11. The first-order valence-corrected chi connectivity index (χ1v) is 15.0. The second kappa shape index (κ2) is 13.2. The number of nitrogens with one attached hydrogen (secondary N) is 2. The van der Waals surface area contributed by atoms with Crippen molar-refractivity contribution in [1.82, 2.24) is 20.4 Å². The highest BCUT2D eigenvalue weighted by Gasteiger charge is 2.42. The lowest BCUT2D eigenvalue weighted by Gasteiger charge is -2.41. The summed E-state index contributed by atoms with van der Waals surface area (Å²) in [6.45, 7) is 11.9. The van der Waals surface area contributed by atoms with Gasteiger partial charge in [0.1, 0.15) is 17.8 Å². The normalized spacial score (nSPS) is 22.4. The summed E-state index contributed by atoms with van der Waals surface area (Å²) in [6.07, 6.45) is 3.65. The Morgan fingerprint density at radius 2 is 1.80 bits per heavy atom. The van der Waals surface area contributed by atoms with Gasteiger partial charge in [-0.05, 0) is 63.0 Å². The van der Waals surface area contributed by atoms with Crippen LogP contribution in [0.3, 0.4) is 0 Å². The summed E-state index contributed by atoms with van der Waals surface area (Å²) in [5.41, 5.74) is 0.0928. The molecule has 2 N–H and O–H groups in total. The Morgan fingerprint density at radius 1 is 1.07 bits per heavy atom. The lowest BCUT2D eigenvalue weighted by Crippen LogP contribution is -2.58. The van der Waals surface area contributed by atoms with Crippen molar-refractivity contribution < 1.29 is 28.7 Å². The number of hydrogen-bond donors (Lipinski definition) is 2. The first-order valence-electron chi connectivity index (χ1n) is 15.0. The van der Waals surface area contributed by atoms with Crippen LogP contribution in [0.15, 0.2) is 24.3 Å². The average Bonchev–Trinajstić information content (AvgIpc) is 3.45. The molecule has 1 aliphatic carbocycles. The highest BCUT2D eigenvalue weighted by atomic mass is 16.5. The Balaban J connectivity index is 1.45. The number of para-hydroxylation sites is 1. The van der Waals surface area contributed by atoms with E-state index >= 15 is 0 Å². The molecule has 1 saturated carbocycles. The van der Waals surface area contributed by atoms with Gasteiger partial charge in [0, 0.05) is 18.6 Å². The molecular formula is C31H46N4O6. The molecule has 0 aromatic heterocycles. The molecular weight excluding hydrogens is 524 g/mol. The number of likely N-dealkylation sites (tertiary alicyclic amines) is 1. The lowest BCUT2D eigenvalue weighted by molar-refractivity contribution is -0.151. The molecule has 1 aromatic rings. The average molecular weight is 571 g/mol. The van der Waals surface area contributed by atoms with Gasteiger partial charge >= 0.3 is 0 Å². The minimum atomic E-state index is -0.798. The fourth-order valence-corrected chi connectivity index (χ4v) is 5.66. The zero-order valence-corrected chi connectivity index (χ0v) is 25.1. The predicted octanol–water partition coefficient (Wildman–Crippen LogP) is 2.75. The molecule has 3 fully saturated rings. The third-order valence-electron chi connectivity index (χ3n) is 8.28. The van der Waals surface area contributed by atoms with Crippen molar-refractivity contribution in [3.63, 3.8) is 0 Å². The van der Waals surface area contributed by atoms with Gasteiger partial charge in [-0.3, -0.25) is 19.2 Å². The summed E-state index contributed by atoms with van der Waals surface area (Å²) in [6, 6.07) is 5.35. The van der Waals surface area contributed by atoms with Crippen LogP contribution in [0.25, 0.3) is 0 Å². The van der Waals surface area contributed by atoms with E-state index in [1.807, 2.05) is 25.7 Å². The minimum absolute atomic E-state index is 0.0225. The molecule has 1 aromatic carbocycles. The van der Waals surface area contributed by atoms with Gasteiger partial charge in [0.25, 0.3) is 11.8 Å². The Kier molecular flexibility index (Phi) is 9.94. The number of carbonyl (C=O) groups excluding carboxylic acids is 4. The van der Waals surface area contributed by atoms with Gasteiger partial charge < -0.3 is 29.9 Å². The predicted molar refractivity (Wildman–Crippen MR) is 154 cm³/mol. The van der Waals surface area contributed by atoms with Crippen LogP contribution in [-0.4, -0.2) is 90.0 Å². The number of hydrogen-bond acceptors (Lipinski definition) is 6. The maximum atomic E-state index is 13.9. The molecule has 0 spiro atoms. The Morgan fingerprint density at radius 3 is 2.49 bits per heavy atom. The van der Waals surface area contributed by atoms with E-state index in [4.69, 9.17) is 9.47 Å². The van der Waals surface area contributed by atoms with Gasteiger partial charge in [-0.25, -0.2) is 0 Å². The van der Waals surface area contributed by atoms with Crippen LogP contribution in [0.4, 0.5) is 0 Å². The maximum absolute atomic E-state index is 13.9. The molecule has 10 heteroatoms. The van der Waals surface area contributed by atoms with E-state index in [1.165, 1.54) is 0 Å². The number of nitrogens with zero attached hydrogens (tertiary/aromatic N) is 2. The first kappa shape index (κ1) is 30.8. The van der Waals surface area contributed by atoms with Gasteiger partial charge in [0.15, 0.2) is 6.61 Å². The van der Waals surface area contributed by atoms with E-state index in [-0.39, 0.29) is 59.1 Å². The van der Waals surface area contributed by atoms with Crippen LogP contribution in [0, 0.1) is 11.8 Å². The van der Waals surface area contributed by atoms with Crippen molar-refractivity contribution in [3.8, 4) is 5.75 Å². The maximum Gasteiger partial charge on any atom is 0.258 e. The third kappa shape index (κ3) is 7.78. The van der Waals surface area contributed by atoms with Crippen molar-refractivity contribution in [2.24, 2.45) is 11.8 Å². The Bertz CT molecular complexity index is 1120. The van der Waals surface area contributed by atoms with Gasteiger partial charge in [-0.2, -0.15) is 0 Å². The minimum Gasteiger partial charge on any atom is -0.483 e. The fourth-order valence-electron chi connectivity index (χ4n) is 5.66. The number of benzene rings is 1. The summed E-state index contributed by atoms with van der Waals surface area (Å²) in [4.78, 5) is 57.0. The highest BCUT2D eigenvalue weighted by molar-refractivity contribution is 6.00.